The van der Waals surface area contributed by atoms with Gasteiger partial charge in [0.15, 0.2) is 5.16 Å². The predicted molar refractivity (Wildman–Crippen MR) is 66.4 cm³/mol. The molecule has 0 aliphatic carbocycles. The van der Waals surface area contributed by atoms with Crippen molar-refractivity contribution >= 4 is 17.4 Å². The van der Waals surface area contributed by atoms with Crippen molar-refractivity contribution in [3.05, 3.63) is 46.3 Å². The minimum Gasteiger partial charge on any atom is -0.389 e. The number of rotatable bonds is 4. The zero-order chi connectivity index (χ0) is 13.1. The Morgan fingerprint density at radius 3 is 2.89 bits per heavy atom. The van der Waals surface area contributed by atoms with Crippen LogP contribution in [0.2, 0.25) is 0 Å². The summed E-state index contributed by atoms with van der Waals surface area (Å²) in [6, 6.07) is 4.67. The number of imidazole rings is 1. The first-order chi connectivity index (χ1) is 8.58. The second-order valence-electron chi connectivity index (χ2n) is 3.66. The fourth-order valence-electron chi connectivity index (χ4n) is 1.43. The van der Waals surface area contributed by atoms with Gasteiger partial charge in [-0.05, 0) is 30.3 Å². The number of nitrogens with zero attached hydrogens (tertiary/aromatic N) is 2. The predicted octanol–water partition coefficient (Wildman–Crippen LogP) is 2.52. The molecule has 1 aromatic heterocycles. The van der Waals surface area contributed by atoms with E-state index in [-0.39, 0.29) is 5.69 Å². The van der Waals surface area contributed by atoms with Gasteiger partial charge in [-0.25, -0.2) is 4.98 Å². The van der Waals surface area contributed by atoms with E-state index in [1.165, 1.54) is 17.8 Å². The highest BCUT2D eigenvalue weighted by molar-refractivity contribution is 7.99. The highest BCUT2D eigenvalue weighted by Gasteiger charge is 2.17. The topological polar surface area (TPSA) is 92.1 Å². The standard InChI is InChI=1S/C11H11N3O3S/c1-7(15)8-2-3-10(9(6-8)14(16)17)18-11-12-4-5-13-11/h2-7,15H,1H3,(H,12,13)/t7-/m1/s1. The molecule has 0 aliphatic rings. The van der Waals surface area contributed by atoms with Crippen LogP contribution in [0.15, 0.2) is 40.6 Å². The summed E-state index contributed by atoms with van der Waals surface area (Å²) in [7, 11) is 0. The van der Waals surface area contributed by atoms with E-state index < -0.39 is 11.0 Å². The minimum absolute atomic E-state index is 0.0326. The lowest BCUT2D eigenvalue weighted by Gasteiger charge is -2.06. The van der Waals surface area contributed by atoms with E-state index in [2.05, 4.69) is 9.97 Å². The summed E-state index contributed by atoms with van der Waals surface area (Å²) in [5.74, 6) is 0. The molecule has 7 heteroatoms. The first-order valence-corrected chi connectivity index (χ1v) is 6.03. The Hall–Kier alpha value is -1.86. The fraction of sp³-hybridized carbons (Fsp3) is 0.182. The Kier molecular flexibility index (Phi) is 3.63. The highest BCUT2D eigenvalue weighted by Crippen LogP contribution is 2.34. The summed E-state index contributed by atoms with van der Waals surface area (Å²) >= 11 is 1.18. The van der Waals surface area contributed by atoms with E-state index in [0.29, 0.717) is 15.6 Å². The number of nitro benzene ring substituents is 1. The molecule has 0 bridgehead atoms. The number of nitro groups is 1. The van der Waals surface area contributed by atoms with Gasteiger partial charge in [-0.2, -0.15) is 0 Å². The molecular weight excluding hydrogens is 254 g/mol. The Balaban J connectivity index is 2.37. The largest absolute Gasteiger partial charge is 0.389 e. The smallest absolute Gasteiger partial charge is 0.283 e. The van der Waals surface area contributed by atoms with Crippen LogP contribution in [0.5, 0.6) is 0 Å². The summed E-state index contributed by atoms with van der Waals surface area (Å²) < 4.78 is 0. The molecule has 1 aromatic carbocycles. The highest BCUT2D eigenvalue weighted by atomic mass is 32.2. The van der Waals surface area contributed by atoms with Gasteiger partial charge >= 0.3 is 0 Å². The van der Waals surface area contributed by atoms with E-state index in [0.717, 1.165) is 0 Å². The number of aliphatic hydroxyl groups is 1. The average Bonchev–Trinajstić information content (AvgIpc) is 2.81. The van der Waals surface area contributed by atoms with E-state index in [1.807, 2.05) is 0 Å². The van der Waals surface area contributed by atoms with Gasteiger partial charge in [0.1, 0.15) is 0 Å². The van der Waals surface area contributed by atoms with Crippen LogP contribution in [0.1, 0.15) is 18.6 Å². The molecule has 2 rings (SSSR count). The van der Waals surface area contributed by atoms with E-state index in [9.17, 15) is 15.2 Å². The van der Waals surface area contributed by atoms with E-state index in [4.69, 9.17) is 0 Å². The van der Waals surface area contributed by atoms with Crippen molar-refractivity contribution < 1.29 is 10.0 Å². The van der Waals surface area contributed by atoms with E-state index in [1.54, 1.807) is 31.5 Å². The van der Waals surface area contributed by atoms with Gasteiger partial charge in [0.25, 0.3) is 5.69 Å². The summed E-state index contributed by atoms with van der Waals surface area (Å²) in [6.07, 6.45) is 2.50. The molecule has 2 N–H and O–H groups in total. The summed E-state index contributed by atoms with van der Waals surface area (Å²) in [5.41, 5.74) is 0.486. The molecule has 0 saturated heterocycles. The molecule has 94 valence electrons. The third-order valence-electron chi connectivity index (χ3n) is 2.34. The third-order valence-corrected chi connectivity index (χ3v) is 3.32. The number of benzene rings is 1. The van der Waals surface area contributed by atoms with Gasteiger partial charge in [-0.1, -0.05) is 6.07 Å². The maximum atomic E-state index is 11.0. The maximum Gasteiger partial charge on any atom is 0.283 e. The fourth-order valence-corrected chi connectivity index (χ4v) is 2.26. The Morgan fingerprint density at radius 1 is 1.56 bits per heavy atom. The Labute approximate surface area is 107 Å². The maximum absolute atomic E-state index is 11.0. The van der Waals surface area contributed by atoms with Crippen molar-refractivity contribution in [1.29, 1.82) is 0 Å². The van der Waals surface area contributed by atoms with Crippen LogP contribution in [0.3, 0.4) is 0 Å². The number of hydrogen-bond acceptors (Lipinski definition) is 5. The van der Waals surface area contributed by atoms with Crippen molar-refractivity contribution in [2.45, 2.75) is 23.1 Å². The van der Waals surface area contributed by atoms with Crippen LogP contribution in [-0.4, -0.2) is 20.0 Å². The molecule has 6 nitrogen and oxygen atoms in total. The van der Waals surface area contributed by atoms with Crippen LogP contribution >= 0.6 is 11.8 Å². The molecule has 0 radical (unpaired) electrons. The van der Waals surface area contributed by atoms with Crippen molar-refractivity contribution in [3.63, 3.8) is 0 Å². The van der Waals surface area contributed by atoms with Gasteiger partial charge in [0.2, 0.25) is 0 Å². The zero-order valence-electron chi connectivity index (χ0n) is 9.53. The zero-order valence-corrected chi connectivity index (χ0v) is 10.3. The molecule has 0 aliphatic heterocycles. The lowest BCUT2D eigenvalue weighted by Crippen LogP contribution is -1.96. The van der Waals surface area contributed by atoms with Gasteiger partial charge < -0.3 is 10.1 Å². The summed E-state index contributed by atoms with van der Waals surface area (Å²) in [4.78, 5) is 17.9. The van der Waals surface area contributed by atoms with Gasteiger partial charge in [-0.3, -0.25) is 10.1 Å². The summed E-state index contributed by atoms with van der Waals surface area (Å²) in [6.45, 7) is 1.57. The lowest BCUT2D eigenvalue weighted by atomic mass is 10.1. The molecule has 0 fully saturated rings. The second kappa shape index (κ2) is 5.19. The molecule has 0 saturated carbocycles. The molecule has 0 unspecified atom stereocenters. The summed E-state index contributed by atoms with van der Waals surface area (Å²) in [5, 5.41) is 21.0. The van der Waals surface area contributed by atoms with Crippen LogP contribution in [0.4, 0.5) is 5.69 Å². The third kappa shape index (κ3) is 2.69. The monoisotopic (exact) mass is 265 g/mol. The molecule has 0 amide bonds. The lowest BCUT2D eigenvalue weighted by molar-refractivity contribution is -0.387. The quantitative estimate of drug-likeness (QED) is 0.654. The van der Waals surface area contributed by atoms with Crippen molar-refractivity contribution in [3.8, 4) is 0 Å². The molecule has 0 spiro atoms. The molecule has 2 aromatic rings. The van der Waals surface area contributed by atoms with Crippen LogP contribution < -0.4 is 0 Å². The minimum atomic E-state index is -0.730. The first-order valence-electron chi connectivity index (χ1n) is 5.21. The van der Waals surface area contributed by atoms with Gasteiger partial charge in [0.05, 0.1) is 15.9 Å². The molecule has 18 heavy (non-hydrogen) atoms. The number of aromatic nitrogens is 2. The van der Waals surface area contributed by atoms with Crippen LogP contribution in [0, 0.1) is 10.1 Å². The van der Waals surface area contributed by atoms with Crippen LogP contribution in [0.25, 0.3) is 0 Å². The molecule has 1 atom stereocenters. The van der Waals surface area contributed by atoms with Crippen LogP contribution in [-0.2, 0) is 0 Å². The number of H-pyrrole nitrogens is 1. The van der Waals surface area contributed by atoms with Crippen molar-refractivity contribution in [2.75, 3.05) is 0 Å². The number of hydrogen-bond donors (Lipinski definition) is 2. The SMILES string of the molecule is C[C@@H](O)c1ccc(Sc2ncc[nH]2)c([N+](=O)[O-])c1. The molecule has 1 heterocycles. The van der Waals surface area contributed by atoms with Gasteiger partial charge in [0, 0.05) is 18.5 Å². The van der Waals surface area contributed by atoms with Crippen molar-refractivity contribution in [2.24, 2.45) is 0 Å². The Morgan fingerprint density at radius 2 is 2.33 bits per heavy atom. The normalized spacial score (nSPS) is 12.3. The number of aliphatic hydroxyl groups excluding tert-OH is 1. The Bertz CT molecular complexity index is 555. The average molecular weight is 265 g/mol. The van der Waals surface area contributed by atoms with E-state index >= 15 is 0 Å². The van der Waals surface area contributed by atoms with Crippen molar-refractivity contribution in [1.82, 2.24) is 9.97 Å². The molecular formula is C11H11N3O3S. The second-order valence-corrected chi connectivity index (χ2v) is 4.69. The van der Waals surface area contributed by atoms with Gasteiger partial charge in [-0.15, -0.1) is 0 Å². The number of nitrogens with one attached hydrogen (secondary N) is 1. The first kappa shape index (κ1) is 12.6. The number of aromatic amines is 1.